The number of aromatic amines is 1. The van der Waals surface area contributed by atoms with Crippen molar-refractivity contribution in [1.29, 1.82) is 5.26 Å². The maximum absolute atomic E-state index is 12.0. The number of H-pyrrole nitrogens is 1. The first kappa shape index (κ1) is 17.0. The normalized spacial score (nSPS) is 11.6. The third kappa shape index (κ3) is 2.97. The second kappa shape index (κ2) is 6.35. The predicted molar refractivity (Wildman–Crippen MR) is 102 cm³/mol. The molecular weight excluding hydrogens is 364 g/mol. The number of sulfonamides is 1. The molecule has 134 valence electrons. The summed E-state index contributed by atoms with van der Waals surface area (Å²) in [6.07, 6.45) is 1.42. The molecular formula is C18H14N6O2S. The standard InChI is InChI=1S/C18H14N6O2S/c1-20-27(25,26)13-4-2-3-12(8-13)23-17-16-14-6-5-11(9-19)7-15(14)24-18(16)22-10-21-17/h2-8,10,20H,1H3,(H2,21,22,23,24). The van der Waals surface area contributed by atoms with Crippen LogP contribution in [-0.2, 0) is 10.0 Å². The first-order valence-electron chi connectivity index (χ1n) is 7.99. The second-order valence-electron chi connectivity index (χ2n) is 5.80. The third-order valence-electron chi connectivity index (χ3n) is 4.19. The Morgan fingerprint density at radius 1 is 1.15 bits per heavy atom. The number of hydrogen-bond acceptors (Lipinski definition) is 6. The van der Waals surface area contributed by atoms with Crippen molar-refractivity contribution in [3.05, 3.63) is 54.4 Å². The summed E-state index contributed by atoms with van der Waals surface area (Å²) in [4.78, 5) is 11.9. The highest BCUT2D eigenvalue weighted by Gasteiger charge is 2.14. The van der Waals surface area contributed by atoms with Gasteiger partial charge in [0.05, 0.1) is 21.9 Å². The highest BCUT2D eigenvalue weighted by Crippen LogP contribution is 2.31. The lowest BCUT2D eigenvalue weighted by Crippen LogP contribution is -2.18. The highest BCUT2D eigenvalue weighted by atomic mass is 32.2. The van der Waals surface area contributed by atoms with E-state index < -0.39 is 10.0 Å². The number of fused-ring (bicyclic) bond motifs is 3. The van der Waals surface area contributed by atoms with Crippen LogP contribution in [0.15, 0.2) is 53.7 Å². The molecule has 2 aromatic carbocycles. The number of aromatic nitrogens is 3. The summed E-state index contributed by atoms with van der Waals surface area (Å²) in [6, 6.07) is 13.9. The molecule has 0 radical (unpaired) electrons. The molecule has 0 aliphatic heterocycles. The van der Waals surface area contributed by atoms with E-state index in [0.717, 1.165) is 16.3 Å². The Morgan fingerprint density at radius 3 is 2.78 bits per heavy atom. The average molecular weight is 378 g/mol. The number of rotatable bonds is 4. The molecule has 0 bridgehead atoms. The molecule has 0 aliphatic carbocycles. The first-order valence-corrected chi connectivity index (χ1v) is 9.47. The van der Waals surface area contributed by atoms with Crippen molar-refractivity contribution in [2.75, 3.05) is 12.4 Å². The first-order chi connectivity index (χ1) is 13.0. The molecule has 0 aliphatic rings. The van der Waals surface area contributed by atoms with Gasteiger partial charge in [0.1, 0.15) is 17.8 Å². The molecule has 0 atom stereocenters. The van der Waals surface area contributed by atoms with Crippen molar-refractivity contribution in [2.24, 2.45) is 0 Å². The quantitative estimate of drug-likeness (QED) is 0.501. The number of nitrogens with one attached hydrogen (secondary N) is 3. The summed E-state index contributed by atoms with van der Waals surface area (Å²) in [5.74, 6) is 0.537. The molecule has 3 N–H and O–H groups in total. The van der Waals surface area contributed by atoms with E-state index in [1.54, 1.807) is 24.3 Å². The van der Waals surface area contributed by atoms with Crippen LogP contribution in [0.4, 0.5) is 11.5 Å². The SMILES string of the molecule is CNS(=O)(=O)c1cccc(Nc2ncnc3[nH]c4cc(C#N)ccc4c23)c1. The van der Waals surface area contributed by atoms with Gasteiger partial charge < -0.3 is 10.3 Å². The van der Waals surface area contributed by atoms with E-state index in [4.69, 9.17) is 5.26 Å². The summed E-state index contributed by atoms with van der Waals surface area (Å²) in [7, 11) is -2.18. The Bertz CT molecular complexity index is 1320. The molecule has 0 unspecified atom stereocenters. The van der Waals surface area contributed by atoms with Crippen LogP contribution in [0.25, 0.3) is 21.9 Å². The molecule has 2 aromatic heterocycles. The minimum atomic E-state index is -3.55. The molecule has 0 spiro atoms. The van der Waals surface area contributed by atoms with E-state index in [1.807, 2.05) is 6.07 Å². The molecule has 2 heterocycles. The zero-order valence-electron chi connectivity index (χ0n) is 14.2. The van der Waals surface area contributed by atoms with Gasteiger partial charge in [-0.15, -0.1) is 0 Å². The number of anilines is 2. The van der Waals surface area contributed by atoms with Gasteiger partial charge in [0.25, 0.3) is 0 Å². The Kier molecular flexibility index (Phi) is 3.99. The predicted octanol–water partition coefficient (Wildman–Crippen LogP) is 2.63. The van der Waals surface area contributed by atoms with Gasteiger partial charge in [-0.25, -0.2) is 23.1 Å². The molecule has 4 rings (SSSR count). The van der Waals surface area contributed by atoms with E-state index in [1.165, 1.54) is 25.5 Å². The number of benzene rings is 2. The Morgan fingerprint density at radius 2 is 2.00 bits per heavy atom. The van der Waals surface area contributed by atoms with Gasteiger partial charge in [-0.05, 0) is 37.4 Å². The summed E-state index contributed by atoms with van der Waals surface area (Å²) in [5.41, 5.74) is 2.52. The van der Waals surface area contributed by atoms with Crippen molar-refractivity contribution >= 4 is 43.5 Å². The largest absolute Gasteiger partial charge is 0.340 e. The van der Waals surface area contributed by atoms with Gasteiger partial charge in [-0.1, -0.05) is 12.1 Å². The van der Waals surface area contributed by atoms with Gasteiger partial charge >= 0.3 is 0 Å². The zero-order chi connectivity index (χ0) is 19.0. The monoisotopic (exact) mass is 378 g/mol. The molecule has 4 aromatic rings. The fourth-order valence-corrected chi connectivity index (χ4v) is 3.66. The molecule has 0 saturated heterocycles. The van der Waals surface area contributed by atoms with Crippen molar-refractivity contribution in [2.45, 2.75) is 4.90 Å². The van der Waals surface area contributed by atoms with Crippen LogP contribution in [-0.4, -0.2) is 30.4 Å². The third-order valence-corrected chi connectivity index (χ3v) is 5.61. The number of nitriles is 1. The molecule has 27 heavy (non-hydrogen) atoms. The maximum atomic E-state index is 12.0. The van der Waals surface area contributed by atoms with Gasteiger partial charge in [-0.3, -0.25) is 0 Å². The maximum Gasteiger partial charge on any atom is 0.240 e. The Hall–Kier alpha value is -3.48. The minimum absolute atomic E-state index is 0.151. The Balaban J connectivity index is 1.83. The minimum Gasteiger partial charge on any atom is -0.340 e. The van der Waals surface area contributed by atoms with Gasteiger partial charge in [0.2, 0.25) is 10.0 Å². The molecule has 0 saturated carbocycles. The van der Waals surface area contributed by atoms with Crippen molar-refractivity contribution in [3.8, 4) is 6.07 Å². The van der Waals surface area contributed by atoms with Crippen molar-refractivity contribution in [3.63, 3.8) is 0 Å². The van der Waals surface area contributed by atoms with E-state index in [-0.39, 0.29) is 4.90 Å². The van der Waals surface area contributed by atoms with Gasteiger partial charge in [-0.2, -0.15) is 5.26 Å². The summed E-state index contributed by atoms with van der Waals surface area (Å²) in [5, 5.41) is 13.9. The van der Waals surface area contributed by atoms with Crippen LogP contribution in [0.1, 0.15) is 5.56 Å². The number of hydrogen-bond donors (Lipinski definition) is 3. The lowest BCUT2D eigenvalue weighted by atomic mass is 10.1. The van der Waals surface area contributed by atoms with Crippen LogP contribution in [0, 0.1) is 11.3 Å². The molecule has 8 nitrogen and oxygen atoms in total. The molecule has 0 amide bonds. The highest BCUT2D eigenvalue weighted by molar-refractivity contribution is 7.89. The summed E-state index contributed by atoms with van der Waals surface area (Å²) < 4.78 is 26.3. The molecule has 0 fully saturated rings. The topological polar surface area (TPSA) is 124 Å². The van der Waals surface area contributed by atoms with Crippen LogP contribution in [0.2, 0.25) is 0 Å². The van der Waals surface area contributed by atoms with Crippen LogP contribution < -0.4 is 10.0 Å². The van der Waals surface area contributed by atoms with Gasteiger partial charge in [0.15, 0.2) is 0 Å². The lowest BCUT2D eigenvalue weighted by Gasteiger charge is -2.09. The summed E-state index contributed by atoms with van der Waals surface area (Å²) in [6.45, 7) is 0. The van der Waals surface area contributed by atoms with E-state index in [0.29, 0.717) is 22.7 Å². The van der Waals surface area contributed by atoms with Crippen molar-refractivity contribution < 1.29 is 8.42 Å². The van der Waals surface area contributed by atoms with Gasteiger partial charge in [0, 0.05) is 16.6 Å². The van der Waals surface area contributed by atoms with E-state index in [2.05, 4.69) is 31.1 Å². The van der Waals surface area contributed by atoms with Crippen molar-refractivity contribution in [1.82, 2.24) is 19.7 Å². The van der Waals surface area contributed by atoms with Crippen LogP contribution in [0.3, 0.4) is 0 Å². The Labute approximate surface area is 154 Å². The lowest BCUT2D eigenvalue weighted by molar-refractivity contribution is 0.588. The zero-order valence-corrected chi connectivity index (χ0v) is 15.0. The number of nitrogens with zero attached hydrogens (tertiary/aromatic N) is 3. The summed E-state index contributed by atoms with van der Waals surface area (Å²) >= 11 is 0. The van der Waals surface area contributed by atoms with E-state index >= 15 is 0 Å². The fourth-order valence-electron chi connectivity index (χ4n) is 2.89. The average Bonchev–Trinajstić information content (AvgIpc) is 3.06. The van der Waals surface area contributed by atoms with Crippen LogP contribution >= 0.6 is 0 Å². The molecule has 9 heteroatoms. The smallest absolute Gasteiger partial charge is 0.240 e. The van der Waals surface area contributed by atoms with E-state index in [9.17, 15) is 8.42 Å². The second-order valence-corrected chi connectivity index (χ2v) is 7.69. The fraction of sp³-hybridized carbons (Fsp3) is 0.0556. The van der Waals surface area contributed by atoms with Crippen LogP contribution in [0.5, 0.6) is 0 Å².